The second-order valence-corrected chi connectivity index (χ2v) is 5.14. The number of ether oxygens (including phenoxy) is 1. The minimum absolute atomic E-state index is 0.528. The Kier molecular flexibility index (Phi) is 5.51. The van der Waals surface area contributed by atoms with Crippen LogP contribution in [-0.4, -0.2) is 22.7 Å². The van der Waals surface area contributed by atoms with Crippen LogP contribution in [0.25, 0.3) is 6.08 Å². The summed E-state index contributed by atoms with van der Waals surface area (Å²) in [6.45, 7) is 0.528. The number of nitrogens with zero attached hydrogens (tertiary/aromatic N) is 1. The van der Waals surface area contributed by atoms with Gasteiger partial charge in [0.25, 0.3) is 0 Å². The molecule has 0 fully saturated rings. The highest BCUT2D eigenvalue weighted by molar-refractivity contribution is 9.10. The van der Waals surface area contributed by atoms with Gasteiger partial charge in [-0.15, -0.1) is 0 Å². The molecule has 108 valence electrons. The minimum Gasteiger partial charge on any atom is -0.492 e. The number of carboxylic acids is 1. The van der Waals surface area contributed by atoms with Crippen molar-refractivity contribution in [1.82, 2.24) is 4.98 Å². The van der Waals surface area contributed by atoms with Gasteiger partial charge in [0.2, 0.25) is 0 Å². The smallest absolute Gasteiger partial charge is 0.328 e. The topological polar surface area (TPSA) is 59.4 Å². The Morgan fingerprint density at radius 3 is 2.86 bits per heavy atom. The van der Waals surface area contributed by atoms with E-state index >= 15 is 0 Å². The zero-order chi connectivity index (χ0) is 15.1. The number of aliphatic carboxylic acids is 1. The van der Waals surface area contributed by atoms with Crippen LogP contribution in [0.3, 0.4) is 0 Å². The highest BCUT2D eigenvalue weighted by atomic mass is 79.9. The molecule has 0 unspecified atom stereocenters. The lowest BCUT2D eigenvalue weighted by Crippen LogP contribution is -2.03. The molecule has 1 N–H and O–H groups in total. The van der Waals surface area contributed by atoms with Crippen molar-refractivity contribution in [3.05, 3.63) is 64.4 Å². The lowest BCUT2D eigenvalue weighted by Gasteiger charge is -2.08. The number of pyridine rings is 1. The highest BCUT2D eigenvalue weighted by Crippen LogP contribution is 2.26. The van der Waals surface area contributed by atoms with Crippen molar-refractivity contribution in [2.75, 3.05) is 6.61 Å². The third-order valence-corrected chi connectivity index (χ3v) is 3.34. The molecule has 0 aliphatic rings. The van der Waals surface area contributed by atoms with Gasteiger partial charge in [-0.1, -0.05) is 12.1 Å². The molecule has 0 bridgehead atoms. The third-order valence-electron chi connectivity index (χ3n) is 2.72. The second-order valence-electron chi connectivity index (χ2n) is 4.28. The lowest BCUT2D eigenvalue weighted by molar-refractivity contribution is -0.131. The molecule has 0 saturated carbocycles. The first-order chi connectivity index (χ1) is 10.1. The zero-order valence-electron chi connectivity index (χ0n) is 11.2. The summed E-state index contributed by atoms with van der Waals surface area (Å²) < 4.78 is 6.48. The maximum absolute atomic E-state index is 10.5. The summed E-state index contributed by atoms with van der Waals surface area (Å²) in [6, 6.07) is 11.2. The van der Waals surface area contributed by atoms with Crippen LogP contribution in [0.15, 0.2) is 53.1 Å². The maximum atomic E-state index is 10.5. The number of benzene rings is 1. The Balaban J connectivity index is 1.93. The summed E-state index contributed by atoms with van der Waals surface area (Å²) in [5.41, 5.74) is 1.77. The molecule has 0 aliphatic heterocycles. The molecule has 5 heteroatoms. The number of aromatic nitrogens is 1. The van der Waals surface area contributed by atoms with Crippen LogP contribution in [0.2, 0.25) is 0 Å². The summed E-state index contributed by atoms with van der Waals surface area (Å²) in [6.07, 6.45) is 5.12. The van der Waals surface area contributed by atoms with Gasteiger partial charge in [0.1, 0.15) is 5.75 Å². The highest BCUT2D eigenvalue weighted by Gasteiger charge is 2.02. The minimum atomic E-state index is -0.971. The van der Waals surface area contributed by atoms with Crippen LogP contribution in [0.5, 0.6) is 5.75 Å². The van der Waals surface area contributed by atoms with Gasteiger partial charge in [0.15, 0.2) is 0 Å². The molecule has 1 aromatic carbocycles. The van der Waals surface area contributed by atoms with Crippen molar-refractivity contribution in [2.24, 2.45) is 0 Å². The SMILES string of the molecule is O=C(O)C=Cc1ccc(OCCc2ccccn2)c(Br)c1. The number of halogens is 1. The van der Waals surface area contributed by atoms with E-state index in [1.165, 1.54) is 6.08 Å². The van der Waals surface area contributed by atoms with Gasteiger partial charge < -0.3 is 9.84 Å². The first-order valence-corrected chi connectivity index (χ1v) is 7.18. The average Bonchev–Trinajstić information content (AvgIpc) is 2.48. The van der Waals surface area contributed by atoms with Gasteiger partial charge >= 0.3 is 5.97 Å². The molecule has 0 radical (unpaired) electrons. The fraction of sp³-hybridized carbons (Fsp3) is 0.125. The largest absolute Gasteiger partial charge is 0.492 e. The zero-order valence-corrected chi connectivity index (χ0v) is 12.8. The maximum Gasteiger partial charge on any atom is 0.328 e. The molecule has 0 saturated heterocycles. The molecule has 1 heterocycles. The molecular formula is C16H14BrNO3. The molecule has 0 aliphatic carbocycles. The third kappa shape index (κ3) is 5.04. The van der Waals surface area contributed by atoms with Gasteiger partial charge in [-0.05, 0) is 51.8 Å². The van der Waals surface area contributed by atoms with Crippen molar-refractivity contribution in [3.8, 4) is 5.75 Å². The second kappa shape index (κ2) is 7.59. The van der Waals surface area contributed by atoms with Crippen LogP contribution in [0, 0.1) is 0 Å². The molecule has 21 heavy (non-hydrogen) atoms. The van der Waals surface area contributed by atoms with Gasteiger partial charge in [0.05, 0.1) is 11.1 Å². The van der Waals surface area contributed by atoms with E-state index in [2.05, 4.69) is 20.9 Å². The Hall–Kier alpha value is -2.14. The molecule has 0 spiro atoms. The van der Waals surface area contributed by atoms with Crippen LogP contribution in [0.1, 0.15) is 11.3 Å². The van der Waals surface area contributed by atoms with Crippen molar-refractivity contribution in [2.45, 2.75) is 6.42 Å². The van der Waals surface area contributed by atoms with Gasteiger partial charge in [-0.25, -0.2) is 4.79 Å². The predicted molar refractivity (Wildman–Crippen MR) is 84.2 cm³/mol. The monoisotopic (exact) mass is 347 g/mol. The van der Waals surface area contributed by atoms with E-state index in [1.54, 1.807) is 12.3 Å². The fourth-order valence-corrected chi connectivity index (χ4v) is 2.23. The van der Waals surface area contributed by atoms with Crippen molar-refractivity contribution >= 4 is 28.0 Å². The Bertz CT molecular complexity index is 641. The molecule has 2 rings (SSSR count). The summed E-state index contributed by atoms with van der Waals surface area (Å²) >= 11 is 3.42. The normalized spacial score (nSPS) is 10.7. The fourth-order valence-electron chi connectivity index (χ4n) is 1.72. The Morgan fingerprint density at radius 2 is 2.19 bits per heavy atom. The van der Waals surface area contributed by atoms with E-state index in [4.69, 9.17) is 9.84 Å². The standard InChI is InChI=1S/C16H14BrNO3/c17-14-11-12(5-7-16(19)20)4-6-15(14)21-10-8-13-3-1-2-9-18-13/h1-7,9,11H,8,10H2,(H,19,20). The number of carboxylic acid groups (broad SMARTS) is 1. The van der Waals surface area contributed by atoms with Gasteiger partial charge in [-0.2, -0.15) is 0 Å². The first kappa shape index (κ1) is 15.3. The quantitative estimate of drug-likeness (QED) is 0.811. The van der Waals surface area contributed by atoms with Crippen LogP contribution < -0.4 is 4.74 Å². The van der Waals surface area contributed by atoms with Crippen LogP contribution >= 0.6 is 15.9 Å². The predicted octanol–water partition coefficient (Wildman–Crippen LogP) is 3.56. The van der Waals surface area contributed by atoms with E-state index in [9.17, 15) is 4.79 Å². The van der Waals surface area contributed by atoms with E-state index in [-0.39, 0.29) is 0 Å². The number of carbonyl (C=O) groups is 1. The molecule has 0 amide bonds. The summed E-state index contributed by atoms with van der Waals surface area (Å²) in [7, 11) is 0. The van der Waals surface area contributed by atoms with Gasteiger partial charge in [0, 0.05) is 24.4 Å². The average molecular weight is 348 g/mol. The Morgan fingerprint density at radius 1 is 1.33 bits per heavy atom. The van der Waals surface area contributed by atoms with Gasteiger partial charge in [-0.3, -0.25) is 4.98 Å². The number of rotatable bonds is 6. The molecule has 1 aromatic heterocycles. The van der Waals surface area contributed by atoms with Crippen molar-refractivity contribution in [1.29, 1.82) is 0 Å². The molecule has 4 nitrogen and oxygen atoms in total. The van der Waals surface area contributed by atoms with E-state index < -0.39 is 5.97 Å². The number of hydrogen-bond donors (Lipinski definition) is 1. The summed E-state index contributed by atoms with van der Waals surface area (Å²) in [5, 5.41) is 8.59. The van der Waals surface area contributed by atoms with Crippen LogP contribution in [-0.2, 0) is 11.2 Å². The van der Waals surface area contributed by atoms with E-state index in [1.807, 2.05) is 30.3 Å². The van der Waals surface area contributed by atoms with E-state index in [0.29, 0.717) is 6.61 Å². The van der Waals surface area contributed by atoms with E-state index in [0.717, 1.165) is 34.0 Å². The lowest BCUT2D eigenvalue weighted by atomic mass is 10.2. The first-order valence-electron chi connectivity index (χ1n) is 6.38. The number of hydrogen-bond acceptors (Lipinski definition) is 3. The molecular weight excluding hydrogens is 334 g/mol. The Labute approximate surface area is 131 Å². The van der Waals surface area contributed by atoms with Crippen molar-refractivity contribution in [3.63, 3.8) is 0 Å². The molecule has 0 atom stereocenters. The van der Waals surface area contributed by atoms with Crippen LogP contribution in [0.4, 0.5) is 0 Å². The molecule has 2 aromatic rings. The van der Waals surface area contributed by atoms with Crippen molar-refractivity contribution < 1.29 is 14.6 Å². The summed E-state index contributed by atoms with van der Waals surface area (Å²) in [4.78, 5) is 14.7. The summed E-state index contributed by atoms with van der Waals surface area (Å²) in [5.74, 6) is -0.250.